The van der Waals surface area contributed by atoms with Crippen molar-refractivity contribution >= 4 is 17.3 Å². The molecule has 0 amide bonds. The summed E-state index contributed by atoms with van der Waals surface area (Å²) in [5.41, 5.74) is -2.46. The summed E-state index contributed by atoms with van der Waals surface area (Å²) in [7, 11) is 0. The van der Waals surface area contributed by atoms with Crippen LogP contribution in [0.1, 0.15) is 26.3 Å². The third-order valence-corrected chi connectivity index (χ3v) is 3.90. The second-order valence-electron chi connectivity index (χ2n) is 7.00. The van der Waals surface area contributed by atoms with Crippen LogP contribution in [-0.2, 0) is 15.8 Å². The van der Waals surface area contributed by atoms with Gasteiger partial charge in [0.05, 0.1) is 29.0 Å². The van der Waals surface area contributed by atoms with E-state index < -0.39 is 33.7 Å². The number of hydrogen-bond acceptors (Lipinski definition) is 6. The number of carbonyl (C=O) groups is 1. The van der Waals surface area contributed by atoms with Crippen LogP contribution < -0.4 is 4.90 Å². The number of hydrogen-bond donors (Lipinski definition) is 0. The van der Waals surface area contributed by atoms with Gasteiger partial charge in [0, 0.05) is 30.9 Å². The van der Waals surface area contributed by atoms with Gasteiger partial charge in [0.25, 0.3) is 5.69 Å². The van der Waals surface area contributed by atoms with Crippen LogP contribution in [0.15, 0.2) is 18.2 Å². The molecule has 0 bridgehead atoms. The van der Waals surface area contributed by atoms with E-state index >= 15 is 0 Å². The maximum atomic E-state index is 13.3. The predicted molar refractivity (Wildman–Crippen MR) is 87.4 cm³/mol. The second-order valence-corrected chi connectivity index (χ2v) is 7.00. The van der Waals surface area contributed by atoms with Crippen LogP contribution in [0, 0.1) is 15.5 Å². The summed E-state index contributed by atoms with van der Waals surface area (Å²) in [5, 5.41) is 12.2. The smallest absolute Gasteiger partial charge is 0.368 e. The highest BCUT2D eigenvalue weighted by Gasteiger charge is 2.37. The Morgan fingerprint density at radius 2 is 1.73 bits per heavy atom. The second kappa shape index (κ2) is 7.10. The molecule has 1 heterocycles. The van der Waals surface area contributed by atoms with Crippen molar-refractivity contribution in [2.75, 3.05) is 31.1 Å². The Balaban J connectivity index is 2.14. The van der Waals surface area contributed by atoms with Crippen molar-refractivity contribution < 1.29 is 27.7 Å². The molecule has 2 rings (SSSR count). The molecule has 1 saturated heterocycles. The third-order valence-electron chi connectivity index (χ3n) is 3.90. The van der Waals surface area contributed by atoms with E-state index in [0.29, 0.717) is 6.07 Å². The molecule has 7 nitrogen and oxygen atoms in total. The van der Waals surface area contributed by atoms with Crippen LogP contribution in [0.2, 0.25) is 0 Å². The number of nitrogens with zero attached hydrogens (tertiary/aromatic N) is 3. The molecule has 10 heteroatoms. The van der Waals surface area contributed by atoms with Gasteiger partial charge in [0.2, 0.25) is 0 Å². The molecule has 144 valence electrons. The summed E-state index contributed by atoms with van der Waals surface area (Å²) < 4.78 is 39.9. The van der Waals surface area contributed by atoms with Gasteiger partial charge in [-0.25, -0.2) is 4.79 Å². The van der Waals surface area contributed by atoms with Crippen molar-refractivity contribution in [3.05, 3.63) is 33.9 Å². The summed E-state index contributed by atoms with van der Waals surface area (Å²) in [4.78, 5) is 28.5. The number of nitro benzene ring substituents is 1. The van der Waals surface area contributed by atoms with Gasteiger partial charge < -0.3 is 9.74 Å². The molecule has 0 radical (unpaired) electrons. The molecule has 1 aliphatic heterocycles. The van der Waals surface area contributed by atoms with Gasteiger partial charge in [-0.05, 0) is 26.8 Å². The lowest BCUT2D eigenvalue weighted by molar-refractivity contribution is -0.385. The van der Waals surface area contributed by atoms with Crippen LogP contribution >= 0.6 is 0 Å². The van der Waals surface area contributed by atoms with Crippen LogP contribution in [0.3, 0.4) is 0 Å². The zero-order valence-electron chi connectivity index (χ0n) is 14.7. The molecule has 0 unspecified atom stereocenters. The van der Waals surface area contributed by atoms with E-state index in [-0.39, 0.29) is 31.9 Å². The number of non-ortho nitro benzene ring substituents is 1. The lowest BCUT2D eigenvalue weighted by atomic mass is 9.98. The number of alkyl halides is 3. The largest absolute Gasteiger partial charge is 0.418 e. The van der Waals surface area contributed by atoms with Crippen LogP contribution in [-0.4, -0.2) is 42.1 Å². The standard InChI is InChI=1S/C16H20F3N3O4/c1-15(2,3)14(23)26-21-8-6-20(7-9-21)13-5-4-11(22(24)25)10-12(13)16(17,18)19/h4-5,10H,6-9H2,1-3H3. The third kappa shape index (κ3) is 4.63. The van der Waals surface area contributed by atoms with Gasteiger partial charge in [0.15, 0.2) is 0 Å². The molecule has 26 heavy (non-hydrogen) atoms. The molecule has 1 aromatic carbocycles. The zero-order chi connectivity index (χ0) is 19.7. The number of anilines is 1. The van der Waals surface area contributed by atoms with E-state index in [1.54, 1.807) is 20.8 Å². The summed E-state index contributed by atoms with van der Waals surface area (Å²) in [6.07, 6.45) is -4.71. The fourth-order valence-corrected chi connectivity index (χ4v) is 2.41. The number of halogens is 3. The number of rotatable bonds is 3. The maximum Gasteiger partial charge on any atom is 0.418 e. The molecule has 1 aromatic rings. The van der Waals surface area contributed by atoms with Gasteiger partial charge in [-0.15, -0.1) is 5.06 Å². The first-order valence-electron chi connectivity index (χ1n) is 7.97. The van der Waals surface area contributed by atoms with Crippen molar-refractivity contribution in [3.8, 4) is 0 Å². The fraction of sp³-hybridized carbons (Fsp3) is 0.562. The fourth-order valence-electron chi connectivity index (χ4n) is 2.41. The Morgan fingerprint density at radius 1 is 1.15 bits per heavy atom. The SMILES string of the molecule is CC(C)(C)C(=O)ON1CCN(c2ccc([N+](=O)[O-])cc2C(F)(F)F)CC1. The molecule has 0 atom stereocenters. The normalized spacial score (nSPS) is 16.5. The van der Waals surface area contributed by atoms with Gasteiger partial charge in [-0.3, -0.25) is 10.1 Å². The molecule has 0 aliphatic carbocycles. The van der Waals surface area contributed by atoms with Crippen molar-refractivity contribution in [2.45, 2.75) is 26.9 Å². The Hall–Kier alpha value is -2.36. The first kappa shape index (κ1) is 20.0. The maximum absolute atomic E-state index is 13.3. The van der Waals surface area contributed by atoms with E-state index in [4.69, 9.17) is 4.84 Å². The van der Waals surface area contributed by atoms with E-state index in [0.717, 1.165) is 12.1 Å². The van der Waals surface area contributed by atoms with Crippen LogP contribution in [0.25, 0.3) is 0 Å². The Bertz CT molecular complexity index is 693. The Morgan fingerprint density at radius 3 is 2.19 bits per heavy atom. The number of piperazine rings is 1. The first-order chi connectivity index (χ1) is 11.9. The summed E-state index contributed by atoms with van der Waals surface area (Å²) in [5.74, 6) is -0.419. The van der Waals surface area contributed by atoms with Gasteiger partial charge in [0.1, 0.15) is 0 Å². The van der Waals surface area contributed by atoms with E-state index in [1.165, 1.54) is 9.96 Å². The van der Waals surface area contributed by atoms with Crippen LogP contribution in [0.5, 0.6) is 0 Å². The monoisotopic (exact) mass is 375 g/mol. The topological polar surface area (TPSA) is 75.9 Å². The van der Waals surface area contributed by atoms with Gasteiger partial charge in [-0.1, -0.05) is 0 Å². The Labute approximate surface area is 148 Å². The van der Waals surface area contributed by atoms with Gasteiger partial charge in [-0.2, -0.15) is 13.2 Å². The van der Waals surface area contributed by atoms with Crippen molar-refractivity contribution in [3.63, 3.8) is 0 Å². The Kier molecular flexibility index (Phi) is 5.45. The first-order valence-corrected chi connectivity index (χ1v) is 7.97. The summed E-state index contributed by atoms with van der Waals surface area (Å²) >= 11 is 0. The molecule has 1 aliphatic rings. The highest BCUT2D eigenvalue weighted by atomic mass is 19.4. The molecule has 0 spiro atoms. The zero-order valence-corrected chi connectivity index (χ0v) is 14.7. The molecule has 0 saturated carbocycles. The van der Waals surface area contributed by atoms with Gasteiger partial charge >= 0.3 is 12.1 Å². The molecule has 0 N–H and O–H groups in total. The average Bonchev–Trinajstić information content (AvgIpc) is 2.53. The van der Waals surface area contributed by atoms with Crippen LogP contribution in [0.4, 0.5) is 24.5 Å². The van der Waals surface area contributed by atoms with E-state index in [2.05, 4.69) is 0 Å². The summed E-state index contributed by atoms with van der Waals surface area (Å²) in [6, 6.07) is 2.70. The number of hydroxylamine groups is 2. The number of benzene rings is 1. The van der Waals surface area contributed by atoms with Crippen molar-refractivity contribution in [2.24, 2.45) is 5.41 Å². The molecule has 0 aromatic heterocycles. The number of carbonyl (C=O) groups excluding carboxylic acids is 1. The predicted octanol–water partition coefficient (Wildman–Crippen LogP) is 3.24. The average molecular weight is 375 g/mol. The minimum Gasteiger partial charge on any atom is -0.368 e. The highest BCUT2D eigenvalue weighted by Crippen LogP contribution is 2.39. The van der Waals surface area contributed by atoms with Crippen molar-refractivity contribution in [1.82, 2.24) is 5.06 Å². The molecule has 1 fully saturated rings. The highest BCUT2D eigenvalue weighted by molar-refractivity contribution is 5.75. The minimum atomic E-state index is -4.71. The molecular formula is C16H20F3N3O4. The van der Waals surface area contributed by atoms with E-state index in [9.17, 15) is 28.1 Å². The van der Waals surface area contributed by atoms with E-state index in [1.807, 2.05) is 0 Å². The molecular weight excluding hydrogens is 355 g/mol. The summed E-state index contributed by atoms with van der Waals surface area (Å²) in [6.45, 7) is 5.97. The quantitative estimate of drug-likeness (QED) is 0.596. The van der Waals surface area contributed by atoms with Crippen molar-refractivity contribution in [1.29, 1.82) is 0 Å². The lowest BCUT2D eigenvalue weighted by Gasteiger charge is -2.36. The number of nitro groups is 1. The lowest BCUT2D eigenvalue weighted by Crippen LogP contribution is -2.48. The minimum absolute atomic E-state index is 0.120.